The van der Waals surface area contributed by atoms with Gasteiger partial charge >= 0.3 is 0 Å². The summed E-state index contributed by atoms with van der Waals surface area (Å²) in [5.74, 6) is 2.58. The van der Waals surface area contributed by atoms with Gasteiger partial charge in [0.2, 0.25) is 0 Å². The highest BCUT2D eigenvalue weighted by molar-refractivity contribution is 7.94. The largest absolute Gasteiger partial charge is 0.151 e. The van der Waals surface area contributed by atoms with Crippen LogP contribution in [0.4, 0.5) is 0 Å². The van der Waals surface area contributed by atoms with E-state index in [-0.39, 0.29) is 0 Å². The van der Waals surface area contributed by atoms with E-state index in [9.17, 15) is 0 Å². The van der Waals surface area contributed by atoms with E-state index in [1.807, 2.05) is 0 Å². The maximum Gasteiger partial charge on any atom is 0.127 e. The minimum absolute atomic E-state index is 0.310. The van der Waals surface area contributed by atoms with Gasteiger partial charge in [-0.2, -0.15) is 5.14 Å². The van der Waals surface area contributed by atoms with Crippen LogP contribution in [0.5, 0.6) is 0 Å². The zero-order chi connectivity index (χ0) is 5.11. The molecule has 2 heteroatoms. The summed E-state index contributed by atoms with van der Waals surface area (Å²) < 4.78 is 0. The minimum Gasteiger partial charge on any atom is -0.151 e. The van der Waals surface area contributed by atoms with Crippen LogP contribution in [-0.4, -0.2) is 11.5 Å². The third kappa shape index (κ3) is 1.70. The summed E-state index contributed by atoms with van der Waals surface area (Å²) in [5, 5.41) is 5.66. The molecule has 0 aromatic carbocycles. The highest BCUT2D eigenvalue weighted by Crippen LogP contribution is 2.07. The van der Waals surface area contributed by atoms with E-state index < -0.39 is 0 Å². The Labute approximate surface area is 47.8 Å². The lowest BCUT2D eigenvalue weighted by Crippen LogP contribution is -2.25. The van der Waals surface area contributed by atoms with Crippen molar-refractivity contribution in [2.45, 2.75) is 19.3 Å². The molecule has 1 aliphatic heterocycles. The molecule has 1 rings (SSSR count). The van der Waals surface area contributed by atoms with Crippen molar-refractivity contribution in [3.63, 3.8) is 0 Å². The van der Waals surface area contributed by atoms with E-state index in [0.29, 0.717) is 11.1 Å². The highest BCUT2D eigenvalue weighted by Gasteiger charge is 2.15. The van der Waals surface area contributed by atoms with Gasteiger partial charge in [-0.3, -0.25) is 0 Å². The van der Waals surface area contributed by atoms with Crippen LogP contribution < -0.4 is 5.14 Å². The van der Waals surface area contributed by atoms with Crippen LogP contribution in [0.15, 0.2) is 0 Å². The van der Waals surface area contributed by atoms with Crippen molar-refractivity contribution in [3.05, 3.63) is 0 Å². The molecule has 0 aliphatic carbocycles. The molecule has 0 saturated carbocycles. The molecule has 42 valence electrons. The van der Waals surface area contributed by atoms with Gasteiger partial charge in [-0.05, 0) is 19.3 Å². The Hall–Kier alpha value is 0.310. The molecular weight excluding hydrogens is 106 g/mol. The molecule has 1 fully saturated rings. The fourth-order valence-corrected chi connectivity index (χ4v) is 2.21. The standard InChI is InChI=1S/C5H12NS/c6-7-4-2-1-3-5-7/h1-6H2/q+1. The Morgan fingerprint density at radius 2 is 1.57 bits per heavy atom. The third-order valence-corrected chi connectivity index (χ3v) is 2.94. The molecule has 0 aromatic rings. The van der Waals surface area contributed by atoms with E-state index in [1.165, 1.54) is 30.8 Å². The van der Waals surface area contributed by atoms with Gasteiger partial charge in [0.05, 0.1) is 11.1 Å². The zero-order valence-electron chi connectivity index (χ0n) is 4.52. The lowest BCUT2D eigenvalue weighted by atomic mass is 10.3. The van der Waals surface area contributed by atoms with Crippen LogP contribution in [0, 0.1) is 0 Å². The van der Waals surface area contributed by atoms with E-state index >= 15 is 0 Å². The van der Waals surface area contributed by atoms with E-state index in [4.69, 9.17) is 5.14 Å². The first-order valence-corrected chi connectivity index (χ1v) is 4.44. The van der Waals surface area contributed by atoms with E-state index in [0.717, 1.165) is 0 Å². The van der Waals surface area contributed by atoms with Crippen LogP contribution in [0.2, 0.25) is 0 Å². The monoisotopic (exact) mass is 118 g/mol. The molecule has 1 nitrogen and oxygen atoms in total. The number of rotatable bonds is 0. The van der Waals surface area contributed by atoms with Crippen LogP contribution in [0.1, 0.15) is 19.3 Å². The van der Waals surface area contributed by atoms with Gasteiger partial charge in [0.1, 0.15) is 11.5 Å². The van der Waals surface area contributed by atoms with E-state index in [1.54, 1.807) is 0 Å². The fourth-order valence-electron chi connectivity index (χ4n) is 0.854. The average Bonchev–Trinajstić information content (AvgIpc) is 1.69. The van der Waals surface area contributed by atoms with Crippen LogP contribution in [-0.2, 0) is 11.1 Å². The molecule has 0 spiro atoms. The second-order valence-electron chi connectivity index (χ2n) is 2.01. The van der Waals surface area contributed by atoms with Crippen LogP contribution in [0.3, 0.4) is 0 Å². The summed E-state index contributed by atoms with van der Waals surface area (Å²) in [6.07, 6.45) is 4.17. The van der Waals surface area contributed by atoms with Crippen molar-refractivity contribution in [1.82, 2.24) is 0 Å². The molecule has 0 aromatic heterocycles. The first kappa shape index (κ1) is 5.45. The SMILES string of the molecule is N[S+]1CCCCC1. The van der Waals surface area contributed by atoms with E-state index in [2.05, 4.69) is 0 Å². The predicted molar refractivity (Wildman–Crippen MR) is 35.1 cm³/mol. The maximum atomic E-state index is 5.66. The van der Waals surface area contributed by atoms with Gasteiger partial charge in [0.15, 0.2) is 0 Å². The van der Waals surface area contributed by atoms with Gasteiger partial charge in [-0.25, -0.2) is 0 Å². The molecule has 1 aliphatic rings. The maximum absolute atomic E-state index is 5.66. The molecule has 7 heavy (non-hydrogen) atoms. The Morgan fingerprint density at radius 1 is 1.00 bits per heavy atom. The summed E-state index contributed by atoms with van der Waals surface area (Å²) >= 11 is 0.310. The molecule has 1 saturated heterocycles. The second kappa shape index (κ2) is 2.58. The molecule has 0 unspecified atom stereocenters. The topological polar surface area (TPSA) is 26.0 Å². The van der Waals surface area contributed by atoms with Crippen molar-refractivity contribution in [1.29, 1.82) is 0 Å². The molecule has 2 N–H and O–H groups in total. The van der Waals surface area contributed by atoms with Gasteiger partial charge in [0.25, 0.3) is 0 Å². The van der Waals surface area contributed by atoms with Crippen molar-refractivity contribution in [2.75, 3.05) is 11.5 Å². The Balaban J connectivity index is 2.12. The number of nitrogens with two attached hydrogens (primary N) is 1. The number of hydrogen-bond donors (Lipinski definition) is 1. The zero-order valence-corrected chi connectivity index (χ0v) is 5.34. The lowest BCUT2D eigenvalue weighted by Gasteiger charge is -2.06. The van der Waals surface area contributed by atoms with Crippen molar-refractivity contribution >= 4 is 11.1 Å². The van der Waals surface area contributed by atoms with Crippen molar-refractivity contribution in [2.24, 2.45) is 5.14 Å². The smallest absolute Gasteiger partial charge is 0.127 e. The Kier molecular flexibility index (Phi) is 2.00. The molecule has 0 radical (unpaired) electrons. The summed E-state index contributed by atoms with van der Waals surface area (Å²) in [5.41, 5.74) is 0. The minimum atomic E-state index is 0.310. The van der Waals surface area contributed by atoms with Crippen molar-refractivity contribution < 1.29 is 0 Å². The van der Waals surface area contributed by atoms with Crippen molar-refractivity contribution in [3.8, 4) is 0 Å². The molecule has 0 bridgehead atoms. The Bertz CT molecular complexity index is 50.0. The summed E-state index contributed by atoms with van der Waals surface area (Å²) in [7, 11) is 0. The third-order valence-electron chi connectivity index (χ3n) is 1.31. The first-order valence-electron chi connectivity index (χ1n) is 2.81. The quantitative estimate of drug-likeness (QED) is 0.465. The molecule has 1 heterocycles. The summed E-state index contributed by atoms with van der Waals surface area (Å²) in [6, 6.07) is 0. The number of hydrogen-bond acceptors (Lipinski definition) is 1. The molecular formula is C5H12NS+. The van der Waals surface area contributed by atoms with Gasteiger partial charge < -0.3 is 0 Å². The van der Waals surface area contributed by atoms with Crippen LogP contribution >= 0.6 is 0 Å². The predicted octanol–water partition coefficient (Wildman–Crippen LogP) is 0.662. The van der Waals surface area contributed by atoms with Crippen LogP contribution in [0.25, 0.3) is 0 Å². The lowest BCUT2D eigenvalue weighted by molar-refractivity contribution is 0.757. The van der Waals surface area contributed by atoms with Gasteiger partial charge in [-0.15, -0.1) is 0 Å². The van der Waals surface area contributed by atoms with Gasteiger partial charge in [-0.1, -0.05) is 0 Å². The summed E-state index contributed by atoms with van der Waals surface area (Å²) in [4.78, 5) is 0. The second-order valence-corrected chi connectivity index (χ2v) is 3.90. The highest BCUT2D eigenvalue weighted by atomic mass is 32.2. The Morgan fingerprint density at radius 3 is 1.86 bits per heavy atom. The normalized spacial score (nSPS) is 25.3. The van der Waals surface area contributed by atoms with Gasteiger partial charge in [0, 0.05) is 0 Å². The fraction of sp³-hybridized carbons (Fsp3) is 1.00. The molecule has 0 amide bonds. The average molecular weight is 118 g/mol. The first-order chi connectivity index (χ1) is 3.39. The molecule has 0 atom stereocenters. The summed E-state index contributed by atoms with van der Waals surface area (Å²) in [6.45, 7) is 0.